The van der Waals surface area contributed by atoms with Crippen LogP contribution in [0.15, 0.2) is 34.9 Å². The number of esters is 1. The molecule has 0 N–H and O–H groups in total. The van der Waals surface area contributed by atoms with Crippen LogP contribution in [-0.4, -0.2) is 35.5 Å². The maximum Gasteiger partial charge on any atom is 0.310 e. The maximum absolute atomic E-state index is 12.0. The Hall–Kier alpha value is -2.14. The van der Waals surface area contributed by atoms with Gasteiger partial charge in [-0.05, 0) is 49.4 Å². The van der Waals surface area contributed by atoms with Gasteiger partial charge in [-0.2, -0.15) is 0 Å². The van der Waals surface area contributed by atoms with Gasteiger partial charge < -0.3 is 9.15 Å². The summed E-state index contributed by atoms with van der Waals surface area (Å²) in [5.41, 5.74) is 3.30. The first-order valence-electron chi connectivity index (χ1n) is 9.81. The van der Waals surface area contributed by atoms with Crippen LogP contribution in [0.4, 0.5) is 0 Å². The van der Waals surface area contributed by atoms with Gasteiger partial charge >= 0.3 is 5.97 Å². The molecular weight excluding hydrogens is 340 g/mol. The topological polar surface area (TPSA) is 55.6 Å². The van der Waals surface area contributed by atoms with Gasteiger partial charge in [0, 0.05) is 18.7 Å². The number of carbonyl (C=O) groups excluding carboxylic acids is 1. The normalized spacial score (nSPS) is 18.4. The number of carbonyl (C=O) groups is 1. The van der Waals surface area contributed by atoms with Crippen LogP contribution in [0.1, 0.15) is 51.8 Å². The molecule has 1 atom stereocenters. The summed E-state index contributed by atoms with van der Waals surface area (Å²) in [6.45, 7) is 11.3. The zero-order valence-corrected chi connectivity index (χ0v) is 16.8. The summed E-state index contributed by atoms with van der Waals surface area (Å²) in [5, 5.41) is 0. The monoisotopic (exact) mass is 370 g/mol. The van der Waals surface area contributed by atoms with Gasteiger partial charge in [-0.1, -0.05) is 32.9 Å². The SMILES string of the molecule is CCOC(=O)C1CCCN(Cc2coc(-c3ccc(C(C)(C)C)cc3)n2)C1. The second kappa shape index (κ2) is 8.26. The third-order valence-electron chi connectivity index (χ3n) is 5.06. The smallest absolute Gasteiger partial charge is 0.310 e. The summed E-state index contributed by atoms with van der Waals surface area (Å²) in [5.74, 6) is 0.529. The average molecular weight is 370 g/mol. The summed E-state index contributed by atoms with van der Waals surface area (Å²) in [7, 11) is 0. The van der Waals surface area contributed by atoms with Gasteiger partial charge in [0.05, 0.1) is 18.2 Å². The molecule has 0 saturated carbocycles. The first kappa shape index (κ1) is 19.6. The van der Waals surface area contributed by atoms with Gasteiger partial charge in [0.25, 0.3) is 0 Å². The van der Waals surface area contributed by atoms with E-state index in [-0.39, 0.29) is 17.3 Å². The standard InChI is InChI=1S/C22H30N2O3/c1-5-26-21(25)17-7-6-12-24(13-17)14-19-15-27-20(23-19)16-8-10-18(11-9-16)22(2,3)4/h8-11,15,17H,5-7,12-14H2,1-4H3. The van der Waals surface area contributed by atoms with Crippen LogP contribution in [0.5, 0.6) is 0 Å². The lowest BCUT2D eigenvalue weighted by Crippen LogP contribution is -2.39. The predicted molar refractivity (Wildman–Crippen MR) is 105 cm³/mol. The first-order chi connectivity index (χ1) is 12.9. The van der Waals surface area contributed by atoms with Crippen molar-refractivity contribution in [3.05, 3.63) is 41.8 Å². The Morgan fingerprint density at radius 1 is 1.30 bits per heavy atom. The van der Waals surface area contributed by atoms with Crippen molar-refractivity contribution < 1.29 is 13.9 Å². The van der Waals surface area contributed by atoms with Crippen molar-refractivity contribution in [2.45, 2.75) is 52.5 Å². The Bertz CT molecular complexity index is 759. The minimum absolute atomic E-state index is 0.0324. The van der Waals surface area contributed by atoms with Gasteiger partial charge in [0.1, 0.15) is 6.26 Å². The summed E-state index contributed by atoms with van der Waals surface area (Å²) >= 11 is 0. The van der Waals surface area contributed by atoms with Crippen molar-refractivity contribution >= 4 is 5.97 Å². The Labute approximate surface area is 161 Å². The molecule has 5 heteroatoms. The van der Waals surface area contributed by atoms with Gasteiger partial charge in [-0.3, -0.25) is 9.69 Å². The molecule has 0 radical (unpaired) electrons. The Morgan fingerprint density at radius 2 is 2.04 bits per heavy atom. The zero-order chi connectivity index (χ0) is 19.4. The molecule has 2 aromatic rings. The van der Waals surface area contributed by atoms with Gasteiger partial charge in [-0.25, -0.2) is 4.98 Å². The molecule has 0 aliphatic carbocycles. The van der Waals surface area contributed by atoms with Crippen molar-refractivity contribution in [1.29, 1.82) is 0 Å². The largest absolute Gasteiger partial charge is 0.466 e. The summed E-state index contributed by atoms with van der Waals surface area (Å²) in [6, 6.07) is 8.39. The molecule has 0 amide bonds. The number of likely N-dealkylation sites (tertiary alicyclic amines) is 1. The van der Waals surface area contributed by atoms with Crippen molar-refractivity contribution in [3.8, 4) is 11.5 Å². The number of hydrogen-bond donors (Lipinski definition) is 0. The molecule has 1 aliphatic rings. The van der Waals surface area contributed by atoms with Crippen LogP contribution in [0.25, 0.3) is 11.5 Å². The van der Waals surface area contributed by atoms with E-state index in [2.05, 4.69) is 54.9 Å². The van der Waals surface area contributed by atoms with Crippen LogP contribution < -0.4 is 0 Å². The number of piperidine rings is 1. The van der Waals surface area contributed by atoms with Crippen molar-refractivity contribution in [2.75, 3.05) is 19.7 Å². The van der Waals surface area contributed by atoms with Gasteiger partial charge in [-0.15, -0.1) is 0 Å². The molecule has 5 nitrogen and oxygen atoms in total. The summed E-state index contributed by atoms with van der Waals surface area (Å²) < 4.78 is 10.9. The number of rotatable bonds is 5. The average Bonchev–Trinajstić information content (AvgIpc) is 3.10. The number of benzene rings is 1. The van der Waals surface area contributed by atoms with Crippen LogP contribution in [0.2, 0.25) is 0 Å². The molecule has 1 saturated heterocycles. The first-order valence-corrected chi connectivity index (χ1v) is 9.81. The number of aromatic nitrogens is 1. The van der Waals surface area contributed by atoms with E-state index < -0.39 is 0 Å². The Morgan fingerprint density at radius 3 is 2.70 bits per heavy atom. The molecule has 0 spiro atoms. The summed E-state index contributed by atoms with van der Waals surface area (Å²) in [4.78, 5) is 18.9. The van der Waals surface area contributed by atoms with Crippen LogP contribution in [0.3, 0.4) is 0 Å². The number of nitrogens with zero attached hydrogens (tertiary/aromatic N) is 2. The zero-order valence-electron chi connectivity index (χ0n) is 16.8. The fraction of sp³-hybridized carbons (Fsp3) is 0.545. The molecule has 1 aromatic carbocycles. The lowest BCUT2D eigenvalue weighted by molar-refractivity contribution is -0.150. The highest BCUT2D eigenvalue weighted by atomic mass is 16.5. The number of oxazole rings is 1. The van der Waals surface area contributed by atoms with Crippen LogP contribution in [-0.2, 0) is 21.5 Å². The lowest BCUT2D eigenvalue weighted by atomic mass is 9.87. The van der Waals surface area contributed by atoms with Gasteiger partial charge in [0.15, 0.2) is 0 Å². The van der Waals surface area contributed by atoms with Crippen molar-refractivity contribution in [3.63, 3.8) is 0 Å². The van der Waals surface area contributed by atoms with E-state index in [1.165, 1.54) is 5.56 Å². The maximum atomic E-state index is 12.0. The highest BCUT2D eigenvalue weighted by molar-refractivity contribution is 5.72. The molecule has 1 aliphatic heterocycles. The van der Waals surface area contributed by atoms with E-state index in [1.54, 1.807) is 6.26 Å². The highest BCUT2D eigenvalue weighted by Gasteiger charge is 2.27. The minimum Gasteiger partial charge on any atom is -0.466 e. The molecule has 146 valence electrons. The molecule has 27 heavy (non-hydrogen) atoms. The van der Waals surface area contributed by atoms with E-state index in [0.717, 1.165) is 37.2 Å². The van der Waals surface area contributed by atoms with Crippen LogP contribution >= 0.6 is 0 Å². The molecule has 0 bridgehead atoms. The van der Waals surface area contributed by atoms with E-state index in [1.807, 2.05) is 6.92 Å². The molecule has 1 aromatic heterocycles. The van der Waals surface area contributed by atoms with E-state index >= 15 is 0 Å². The Kier molecular flexibility index (Phi) is 6.00. The third-order valence-corrected chi connectivity index (χ3v) is 5.06. The van der Waals surface area contributed by atoms with E-state index in [9.17, 15) is 4.79 Å². The van der Waals surface area contributed by atoms with Crippen LogP contribution in [0, 0.1) is 5.92 Å². The molecule has 3 rings (SSSR count). The molecular formula is C22H30N2O3. The van der Waals surface area contributed by atoms with Gasteiger partial charge in [0.2, 0.25) is 5.89 Å². The number of hydrogen-bond acceptors (Lipinski definition) is 5. The van der Waals surface area contributed by atoms with E-state index in [4.69, 9.17) is 9.15 Å². The quantitative estimate of drug-likeness (QED) is 0.730. The Balaban J connectivity index is 1.63. The highest BCUT2D eigenvalue weighted by Crippen LogP contribution is 2.26. The fourth-order valence-electron chi connectivity index (χ4n) is 3.51. The summed E-state index contributed by atoms with van der Waals surface area (Å²) in [6.07, 6.45) is 3.63. The third kappa shape index (κ3) is 4.98. The number of ether oxygens (including phenoxy) is 1. The molecule has 1 fully saturated rings. The minimum atomic E-state index is -0.0815. The second-order valence-corrected chi connectivity index (χ2v) is 8.30. The predicted octanol–water partition coefficient (Wildman–Crippen LogP) is 4.41. The second-order valence-electron chi connectivity index (χ2n) is 8.30. The molecule has 1 unspecified atom stereocenters. The molecule has 2 heterocycles. The lowest BCUT2D eigenvalue weighted by Gasteiger charge is -2.30. The van der Waals surface area contributed by atoms with E-state index in [0.29, 0.717) is 19.0 Å². The van der Waals surface area contributed by atoms with Crippen molar-refractivity contribution in [1.82, 2.24) is 9.88 Å². The van der Waals surface area contributed by atoms with Crippen molar-refractivity contribution in [2.24, 2.45) is 5.92 Å². The fourth-order valence-corrected chi connectivity index (χ4v) is 3.51.